The summed E-state index contributed by atoms with van der Waals surface area (Å²) in [6, 6.07) is 6.23. The molecule has 1 aromatic carbocycles. The first-order chi connectivity index (χ1) is 12.7. The number of benzene rings is 1. The first-order valence-corrected chi connectivity index (χ1v) is 8.07. The highest BCUT2D eigenvalue weighted by molar-refractivity contribution is 5.84. The van der Waals surface area contributed by atoms with Crippen LogP contribution in [0.25, 0.3) is 27.8 Å². The molecule has 1 N–H and O–H groups in total. The Labute approximate surface area is 146 Å². The van der Waals surface area contributed by atoms with Gasteiger partial charge in [0.25, 0.3) is 0 Å². The highest BCUT2D eigenvalue weighted by Crippen LogP contribution is 2.26. The Kier molecular flexibility index (Phi) is 3.08. The average molecular weight is 345 g/mol. The fourth-order valence-corrected chi connectivity index (χ4v) is 3.18. The summed E-state index contributed by atoms with van der Waals surface area (Å²) in [7, 11) is 0. The predicted octanol–water partition coefficient (Wildman–Crippen LogP) is 2.81. The summed E-state index contributed by atoms with van der Waals surface area (Å²) in [6.07, 6.45) is 9.02. The van der Waals surface area contributed by atoms with E-state index in [0.29, 0.717) is 28.8 Å². The van der Waals surface area contributed by atoms with Gasteiger partial charge in [0.05, 0.1) is 12.1 Å². The van der Waals surface area contributed by atoms with Gasteiger partial charge in [-0.15, -0.1) is 0 Å². The molecule has 5 rings (SSSR count). The van der Waals surface area contributed by atoms with Crippen molar-refractivity contribution in [1.82, 2.24) is 24.5 Å². The van der Waals surface area contributed by atoms with Crippen molar-refractivity contribution in [2.24, 2.45) is 0 Å². The van der Waals surface area contributed by atoms with Crippen LogP contribution >= 0.6 is 0 Å². The Bertz CT molecular complexity index is 1300. The zero-order chi connectivity index (χ0) is 17.7. The topological polar surface area (TPSA) is 76.5 Å². The van der Waals surface area contributed by atoms with E-state index in [1.54, 1.807) is 24.5 Å². The number of nitrogens with zero attached hydrogens (tertiary/aromatic N) is 4. The van der Waals surface area contributed by atoms with Crippen molar-refractivity contribution in [3.8, 4) is 0 Å². The average Bonchev–Trinajstić information content (AvgIpc) is 2.93. The van der Waals surface area contributed by atoms with Crippen molar-refractivity contribution in [1.29, 1.82) is 0 Å². The molecular weight excluding hydrogens is 333 g/mol. The molecule has 1 aliphatic carbocycles. The number of allylic oxidation sites excluding steroid dienone is 4. The van der Waals surface area contributed by atoms with Gasteiger partial charge in [-0.05, 0) is 11.6 Å². The number of hydrogen-bond acceptors (Lipinski definition) is 4. The lowest BCUT2D eigenvalue weighted by molar-refractivity contribution is 0.636. The van der Waals surface area contributed by atoms with Crippen LogP contribution in [0.2, 0.25) is 0 Å². The molecule has 1 aliphatic rings. The molecule has 3 aromatic heterocycles. The third-order valence-electron chi connectivity index (χ3n) is 4.43. The SMILES string of the molecule is O=c1cc(Cn2c(C3=CC=C3)nc3nccnc32)c2cccc(F)c2[nH]1. The van der Waals surface area contributed by atoms with E-state index in [1.165, 1.54) is 12.1 Å². The number of fused-ring (bicyclic) bond motifs is 2. The van der Waals surface area contributed by atoms with Crippen molar-refractivity contribution < 1.29 is 4.39 Å². The molecule has 0 fully saturated rings. The minimum Gasteiger partial charge on any atom is -0.319 e. The molecule has 0 atom stereocenters. The third kappa shape index (κ3) is 2.17. The lowest BCUT2D eigenvalue weighted by atomic mass is 10.1. The molecule has 3 heterocycles. The minimum absolute atomic E-state index is 0.204. The number of imidazole rings is 1. The van der Waals surface area contributed by atoms with Gasteiger partial charge in [-0.1, -0.05) is 30.4 Å². The van der Waals surface area contributed by atoms with Gasteiger partial charge in [-0.25, -0.2) is 19.3 Å². The summed E-state index contributed by atoms with van der Waals surface area (Å²) in [5.41, 5.74) is 2.66. The molecule has 7 heteroatoms. The zero-order valence-electron chi connectivity index (χ0n) is 13.5. The fourth-order valence-electron chi connectivity index (χ4n) is 3.18. The predicted molar refractivity (Wildman–Crippen MR) is 96.1 cm³/mol. The van der Waals surface area contributed by atoms with Gasteiger partial charge in [0.1, 0.15) is 11.6 Å². The Balaban J connectivity index is 1.75. The van der Waals surface area contributed by atoms with E-state index in [1.807, 2.05) is 22.8 Å². The van der Waals surface area contributed by atoms with Crippen LogP contribution in [0, 0.1) is 5.82 Å². The summed E-state index contributed by atoms with van der Waals surface area (Å²) in [5, 5.41) is 0.652. The highest BCUT2D eigenvalue weighted by atomic mass is 19.1. The Morgan fingerprint density at radius 1 is 1.19 bits per heavy atom. The summed E-state index contributed by atoms with van der Waals surface area (Å²) in [6.45, 7) is 0.333. The number of hydrogen-bond donors (Lipinski definition) is 1. The molecule has 0 unspecified atom stereocenters. The monoisotopic (exact) mass is 345 g/mol. The van der Waals surface area contributed by atoms with Crippen LogP contribution in [-0.4, -0.2) is 24.5 Å². The Hall–Kier alpha value is -3.61. The first-order valence-electron chi connectivity index (χ1n) is 8.07. The molecule has 4 aromatic rings. The molecular formula is C19H12FN5O. The molecule has 0 saturated heterocycles. The minimum atomic E-state index is -0.457. The van der Waals surface area contributed by atoms with Crippen molar-refractivity contribution >= 4 is 27.8 Å². The standard InChI is InChI=1S/C19H12FN5O/c20-14-6-2-5-13-12(9-15(26)23-16(13)14)10-25-18(11-3-1-4-11)24-17-19(25)22-8-7-21-17/h1-9H,10H2,(H,23,26). The molecule has 0 saturated carbocycles. The smallest absolute Gasteiger partial charge is 0.248 e. The van der Waals surface area contributed by atoms with E-state index in [0.717, 1.165) is 11.4 Å². The molecule has 6 nitrogen and oxygen atoms in total. The fraction of sp³-hybridized carbons (Fsp3) is 0.0526. The first kappa shape index (κ1) is 14.7. The maximum Gasteiger partial charge on any atom is 0.248 e. The Morgan fingerprint density at radius 3 is 2.85 bits per heavy atom. The molecule has 0 spiro atoms. The van der Waals surface area contributed by atoms with E-state index in [-0.39, 0.29) is 11.1 Å². The largest absolute Gasteiger partial charge is 0.319 e. The lowest BCUT2D eigenvalue weighted by Crippen LogP contribution is -2.12. The van der Waals surface area contributed by atoms with Gasteiger partial charge >= 0.3 is 0 Å². The summed E-state index contributed by atoms with van der Waals surface area (Å²) < 4.78 is 16.0. The van der Waals surface area contributed by atoms with Gasteiger partial charge in [-0.2, -0.15) is 0 Å². The number of aromatic amines is 1. The van der Waals surface area contributed by atoms with Gasteiger partial charge in [0.2, 0.25) is 5.56 Å². The van der Waals surface area contributed by atoms with Crippen LogP contribution in [-0.2, 0) is 6.54 Å². The van der Waals surface area contributed by atoms with Gasteiger partial charge in [-0.3, -0.25) is 4.79 Å². The van der Waals surface area contributed by atoms with Crippen LogP contribution in [0.15, 0.2) is 59.7 Å². The maximum absolute atomic E-state index is 14.1. The van der Waals surface area contributed by atoms with E-state index in [2.05, 4.69) is 19.9 Å². The second kappa shape index (κ2) is 5.45. The number of para-hydroxylation sites is 1. The van der Waals surface area contributed by atoms with Crippen LogP contribution < -0.4 is 5.56 Å². The van der Waals surface area contributed by atoms with E-state index in [4.69, 9.17) is 0 Å². The molecule has 0 amide bonds. The van der Waals surface area contributed by atoms with E-state index >= 15 is 0 Å². The van der Waals surface area contributed by atoms with Crippen LogP contribution in [0.1, 0.15) is 11.4 Å². The molecule has 26 heavy (non-hydrogen) atoms. The lowest BCUT2D eigenvalue weighted by Gasteiger charge is -2.13. The van der Waals surface area contributed by atoms with Crippen molar-refractivity contribution in [2.75, 3.05) is 0 Å². The summed E-state index contributed by atoms with van der Waals surface area (Å²) in [5.74, 6) is 0.264. The summed E-state index contributed by atoms with van der Waals surface area (Å²) in [4.78, 5) is 27.8. The van der Waals surface area contributed by atoms with Gasteiger partial charge < -0.3 is 9.55 Å². The number of nitrogens with one attached hydrogen (secondary N) is 1. The number of aromatic nitrogens is 5. The highest BCUT2D eigenvalue weighted by Gasteiger charge is 2.18. The number of halogens is 1. The van der Waals surface area contributed by atoms with Crippen molar-refractivity contribution in [3.05, 3.63) is 82.4 Å². The van der Waals surface area contributed by atoms with Gasteiger partial charge in [0.15, 0.2) is 11.3 Å². The van der Waals surface area contributed by atoms with Crippen molar-refractivity contribution in [3.63, 3.8) is 0 Å². The van der Waals surface area contributed by atoms with Gasteiger partial charge in [0, 0.05) is 29.4 Å². The van der Waals surface area contributed by atoms with Crippen LogP contribution in [0.3, 0.4) is 0 Å². The normalized spacial score (nSPS) is 13.2. The van der Waals surface area contributed by atoms with Crippen LogP contribution in [0.5, 0.6) is 0 Å². The summed E-state index contributed by atoms with van der Waals surface area (Å²) >= 11 is 0. The zero-order valence-corrected chi connectivity index (χ0v) is 13.5. The molecule has 126 valence electrons. The second-order valence-electron chi connectivity index (χ2n) is 6.03. The number of pyridine rings is 1. The maximum atomic E-state index is 14.1. The second-order valence-corrected chi connectivity index (χ2v) is 6.03. The van der Waals surface area contributed by atoms with Crippen LogP contribution in [0.4, 0.5) is 4.39 Å². The molecule has 0 radical (unpaired) electrons. The van der Waals surface area contributed by atoms with E-state index in [9.17, 15) is 9.18 Å². The quantitative estimate of drug-likeness (QED) is 0.619. The third-order valence-corrected chi connectivity index (χ3v) is 4.43. The van der Waals surface area contributed by atoms with E-state index < -0.39 is 5.82 Å². The van der Waals surface area contributed by atoms with Crippen molar-refractivity contribution in [2.45, 2.75) is 6.54 Å². The Morgan fingerprint density at radius 2 is 2.04 bits per heavy atom. The molecule has 0 aliphatic heterocycles. The number of H-pyrrole nitrogens is 1. The number of rotatable bonds is 3. The molecule has 0 bridgehead atoms.